The van der Waals surface area contributed by atoms with Crippen LogP contribution in [-0.2, 0) is 25.2 Å². The zero-order valence-corrected chi connectivity index (χ0v) is 25.9. The predicted octanol–water partition coefficient (Wildman–Crippen LogP) is 3.22. The number of carboxylic acid groups (broad SMARTS) is 1. The molecule has 5 heterocycles. The molecule has 0 radical (unpaired) electrons. The number of carbonyl (C=O) groups is 4. The van der Waals surface area contributed by atoms with Gasteiger partial charge in [-0.1, -0.05) is 0 Å². The number of anilines is 1. The Kier molecular flexibility index (Phi) is 12.8. The van der Waals surface area contributed by atoms with Crippen molar-refractivity contribution < 1.29 is 46.9 Å². The molecule has 0 bridgehead atoms. The third-order valence-electron chi connectivity index (χ3n) is 8.64. The molecule has 0 saturated carbocycles. The minimum Gasteiger partial charge on any atom is -0.465 e. The van der Waals surface area contributed by atoms with E-state index < -0.39 is 23.9 Å². The molecule has 4 saturated heterocycles. The molecule has 0 atom stereocenters. The number of carbonyl (C=O) groups excluding carboxylic acids is 3. The van der Waals surface area contributed by atoms with Crippen LogP contribution in [0.25, 0.3) is 0 Å². The van der Waals surface area contributed by atoms with Gasteiger partial charge in [-0.25, -0.2) is 14.6 Å². The summed E-state index contributed by atoms with van der Waals surface area (Å²) in [4.78, 5) is 58.4. The number of amides is 5. The average Bonchev–Trinajstić information content (AvgIpc) is 3.47. The fourth-order valence-electron chi connectivity index (χ4n) is 5.90. The molecule has 0 aromatic carbocycles. The van der Waals surface area contributed by atoms with Crippen LogP contribution < -0.4 is 5.32 Å². The number of ether oxygens (including phenoxy) is 2. The fraction of sp³-hybridized carbons (Fsp3) is 0.700. The van der Waals surface area contributed by atoms with Gasteiger partial charge in [-0.2, -0.15) is 13.2 Å². The Balaban J connectivity index is 0.000000230. The summed E-state index contributed by atoms with van der Waals surface area (Å²) in [7, 11) is 0. The lowest BCUT2D eigenvalue weighted by Gasteiger charge is -2.28. The first-order chi connectivity index (χ1) is 22.0. The van der Waals surface area contributed by atoms with E-state index in [9.17, 15) is 32.3 Å². The van der Waals surface area contributed by atoms with Gasteiger partial charge in [0.1, 0.15) is 5.82 Å². The molecule has 4 fully saturated rings. The zero-order chi connectivity index (χ0) is 33.1. The first kappa shape index (κ1) is 35.2. The van der Waals surface area contributed by atoms with Gasteiger partial charge in [-0.15, -0.1) is 0 Å². The lowest BCUT2D eigenvalue weighted by Crippen LogP contribution is -2.42. The number of nitrogens with zero attached hydrogens (tertiary/aromatic N) is 5. The predicted molar refractivity (Wildman–Crippen MR) is 159 cm³/mol. The lowest BCUT2D eigenvalue weighted by atomic mass is 9.98. The Labute approximate surface area is 266 Å². The van der Waals surface area contributed by atoms with Crippen molar-refractivity contribution in [3.63, 3.8) is 0 Å². The van der Waals surface area contributed by atoms with E-state index >= 15 is 0 Å². The number of rotatable bonds is 3. The Morgan fingerprint density at radius 1 is 0.717 bits per heavy atom. The summed E-state index contributed by atoms with van der Waals surface area (Å²) >= 11 is 0. The summed E-state index contributed by atoms with van der Waals surface area (Å²) in [6, 6.07) is 1.56. The highest BCUT2D eigenvalue weighted by molar-refractivity contribution is 5.88. The molecule has 46 heavy (non-hydrogen) atoms. The molecule has 0 aliphatic carbocycles. The van der Waals surface area contributed by atoms with Crippen LogP contribution >= 0.6 is 0 Å². The maximum atomic E-state index is 12.6. The molecule has 1 aromatic heterocycles. The van der Waals surface area contributed by atoms with Gasteiger partial charge < -0.3 is 34.2 Å². The van der Waals surface area contributed by atoms with E-state index in [4.69, 9.17) is 14.6 Å². The summed E-state index contributed by atoms with van der Waals surface area (Å²) in [6.07, 6.45) is -0.291. The van der Waals surface area contributed by atoms with Gasteiger partial charge >= 0.3 is 18.3 Å². The van der Waals surface area contributed by atoms with Gasteiger partial charge in [0.2, 0.25) is 11.8 Å². The molecule has 0 unspecified atom stereocenters. The highest BCUT2D eigenvalue weighted by atomic mass is 19.4. The first-order valence-corrected chi connectivity index (χ1v) is 15.8. The molecule has 0 spiro atoms. The number of hydrogen-bond acceptors (Lipinski definition) is 7. The SMILES string of the molecule is O=C(Nc1ccc(C(F)(F)F)cn1)N1CCCN(C(=O)C2CCOCC2)CC1.O=C(O)N1CCCN(C(=O)C2CCOCC2)CC1. The minimum absolute atomic E-state index is 0.0227. The van der Waals surface area contributed by atoms with Crippen LogP contribution in [0.1, 0.15) is 44.1 Å². The van der Waals surface area contributed by atoms with Crippen molar-refractivity contribution in [1.29, 1.82) is 0 Å². The Hall–Kier alpha value is -3.66. The Morgan fingerprint density at radius 3 is 1.63 bits per heavy atom. The normalized spacial score (nSPS) is 20.6. The summed E-state index contributed by atoms with van der Waals surface area (Å²) in [5, 5.41) is 11.5. The summed E-state index contributed by atoms with van der Waals surface area (Å²) < 4.78 is 48.3. The summed E-state index contributed by atoms with van der Waals surface area (Å²) in [5.74, 6) is 0.374. The van der Waals surface area contributed by atoms with Gasteiger partial charge in [0, 0.05) is 96.8 Å². The monoisotopic (exact) mass is 656 g/mol. The summed E-state index contributed by atoms with van der Waals surface area (Å²) in [6.45, 7) is 6.47. The maximum absolute atomic E-state index is 12.6. The van der Waals surface area contributed by atoms with Crippen LogP contribution in [0.5, 0.6) is 0 Å². The third kappa shape index (κ3) is 10.2. The van der Waals surface area contributed by atoms with Crippen molar-refractivity contribution >= 4 is 29.8 Å². The maximum Gasteiger partial charge on any atom is 0.417 e. The first-order valence-electron chi connectivity index (χ1n) is 15.8. The lowest BCUT2D eigenvalue weighted by molar-refractivity contribution is -0.139. The summed E-state index contributed by atoms with van der Waals surface area (Å²) in [5.41, 5.74) is -0.873. The molecule has 13 nitrogen and oxygen atoms in total. The zero-order valence-electron chi connectivity index (χ0n) is 25.9. The van der Waals surface area contributed by atoms with Crippen molar-refractivity contribution in [3.05, 3.63) is 23.9 Å². The second-order valence-electron chi connectivity index (χ2n) is 11.7. The molecule has 16 heteroatoms. The topological polar surface area (TPSA) is 145 Å². The van der Waals surface area contributed by atoms with E-state index in [-0.39, 0.29) is 29.5 Å². The van der Waals surface area contributed by atoms with Crippen LogP contribution in [0, 0.1) is 11.8 Å². The van der Waals surface area contributed by atoms with E-state index in [1.54, 1.807) is 9.80 Å². The molecule has 5 rings (SSSR count). The molecular weight excluding hydrogens is 613 g/mol. The molecule has 4 aliphatic heterocycles. The van der Waals surface area contributed by atoms with Gasteiger partial charge in [-0.05, 0) is 50.7 Å². The molecule has 2 N–H and O–H groups in total. The van der Waals surface area contributed by atoms with Crippen LogP contribution in [0.4, 0.5) is 28.6 Å². The number of urea groups is 1. The molecular formula is C30H43F3N6O7. The number of halogens is 3. The number of pyridine rings is 1. The average molecular weight is 657 g/mol. The van der Waals surface area contributed by atoms with Gasteiger partial charge in [-0.3, -0.25) is 14.9 Å². The Morgan fingerprint density at radius 2 is 1.17 bits per heavy atom. The molecule has 4 aliphatic rings. The number of hydrogen-bond donors (Lipinski definition) is 2. The quantitative estimate of drug-likeness (QED) is 0.505. The fourth-order valence-corrected chi connectivity index (χ4v) is 5.90. The van der Waals surface area contributed by atoms with E-state index in [0.29, 0.717) is 91.4 Å². The van der Waals surface area contributed by atoms with Crippen LogP contribution in [0.15, 0.2) is 18.3 Å². The number of aromatic nitrogens is 1. The van der Waals surface area contributed by atoms with Gasteiger partial charge in [0.05, 0.1) is 5.56 Å². The van der Waals surface area contributed by atoms with Gasteiger partial charge in [0.25, 0.3) is 0 Å². The third-order valence-corrected chi connectivity index (χ3v) is 8.64. The van der Waals surface area contributed by atoms with E-state index in [1.165, 1.54) is 4.90 Å². The van der Waals surface area contributed by atoms with Gasteiger partial charge in [0.15, 0.2) is 0 Å². The highest BCUT2D eigenvalue weighted by Gasteiger charge is 2.32. The van der Waals surface area contributed by atoms with Crippen molar-refractivity contribution in [1.82, 2.24) is 24.6 Å². The number of nitrogens with one attached hydrogen (secondary N) is 1. The molecule has 5 amide bonds. The van der Waals surface area contributed by atoms with E-state index in [1.807, 2.05) is 4.90 Å². The minimum atomic E-state index is -4.47. The van der Waals surface area contributed by atoms with Crippen LogP contribution in [-0.4, -0.2) is 132 Å². The van der Waals surface area contributed by atoms with Crippen molar-refractivity contribution in [2.45, 2.75) is 44.7 Å². The van der Waals surface area contributed by atoms with Crippen LogP contribution in [0.2, 0.25) is 0 Å². The second-order valence-corrected chi connectivity index (χ2v) is 11.7. The second kappa shape index (κ2) is 16.8. The standard InChI is InChI=1S/C18H23F3N4O3.C12H20N2O4/c19-18(20,21)14-2-3-15(22-12-14)23-17(27)25-7-1-6-24(8-9-25)16(26)13-4-10-28-11-5-13;15-11(10-2-8-18-9-3-10)13-4-1-5-14(7-6-13)12(16)17/h2-3,12-13H,1,4-11H2,(H,22,23,27);10H,1-9H2,(H,16,17). The van der Waals surface area contributed by atoms with E-state index in [0.717, 1.165) is 44.2 Å². The molecule has 256 valence electrons. The van der Waals surface area contributed by atoms with Crippen molar-refractivity contribution in [2.24, 2.45) is 11.8 Å². The van der Waals surface area contributed by atoms with Crippen LogP contribution in [0.3, 0.4) is 0 Å². The Bertz CT molecular complexity index is 1180. The largest absolute Gasteiger partial charge is 0.465 e. The van der Waals surface area contributed by atoms with Crippen molar-refractivity contribution in [2.75, 3.05) is 84.1 Å². The number of alkyl halides is 3. The van der Waals surface area contributed by atoms with E-state index in [2.05, 4.69) is 10.3 Å². The molecule has 1 aromatic rings. The smallest absolute Gasteiger partial charge is 0.417 e. The van der Waals surface area contributed by atoms with Crippen molar-refractivity contribution in [3.8, 4) is 0 Å². The highest BCUT2D eigenvalue weighted by Crippen LogP contribution is 2.29.